The number of likely N-dealkylation sites (N-methyl/N-ethyl adjacent to an activating group) is 1. The van der Waals surface area contributed by atoms with Crippen molar-refractivity contribution < 1.29 is 28.7 Å². The molecule has 0 saturated carbocycles. The van der Waals surface area contributed by atoms with Crippen LogP contribution in [0.2, 0.25) is 0 Å². The Morgan fingerprint density at radius 1 is 1.05 bits per heavy atom. The number of fused-ring (bicyclic) bond motifs is 1. The topological polar surface area (TPSA) is 162 Å². The number of benzene rings is 2. The van der Waals surface area contributed by atoms with Crippen molar-refractivity contribution in [2.75, 3.05) is 31.6 Å². The van der Waals surface area contributed by atoms with Gasteiger partial charge in [0, 0.05) is 49.9 Å². The second-order valence-corrected chi connectivity index (χ2v) is 11.1. The Morgan fingerprint density at radius 3 is 2.45 bits per heavy atom. The number of hydrogen-bond donors (Lipinski definition) is 3. The van der Waals surface area contributed by atoms with Gasteiger partial charge in [0.15, 0.2) is 0 Å². The van der Waals surface area contributed by atoms with Crippen molar-refractivity contribution in [3.8, 4) is 0 Å². The van der Waals surface area contributed by atoms with Gasteiger partial charge in [0.1, 0.15) is 11.6 Å². The van der Waals surface area contributed by atoms with Crippen molar-refractivity contribution in [2.24, 2.45) is 10.2 Å². The highest BCUT2D eigenvalue weighted by Gasteiger charge is 2.39. The number of anilines is 1. The molecule has 1 unspecified atom stereocenters. The van der Waals surface area contributed by atoms with Gasteiger partial charge in [-0.3, -0.25) is 24.5 Å². The number of nitrogens with one attached hydrogen (secondary N) is 3. The number of hydrogen-bond acceptors (Lipinski definition) is 9. The predicted octanol–water partition coefficient (Wildman–Crippen LogP) is 2.94. The molecule has 13 heteroatoms. The molecular weight excluding hydrogens is 542 g/mol. The third kappa shape index (κ3) is 7.68. The lowest BCUT2D eigenvalue weighted by molar-refractivity contribution is -0.137. The Kier molecular flexibility index (Phi) is 9.18. The summed E-state index contributed by atoms with van der Waals surface area (Å²) in [6.45, 7) is 6.16. The van der Waals surface area contributed by atoms with Crippen LogP contribution in [-0.2, 0) is 25.7 Å². The van der Waals surface area contributed by atoms with Crippen molar-refractivity contribution in [1.82, 2.24) is 20.9 Å². The van der Waals surface area contributed by atoms with Crippen LogP contribution in [0, 0.1) is 0 Å². The van der Waals surface area contributed by atoms with E-state index in [1.54, 1.807) is 63.1 Å². The van der Waals surface area contributed by atoms with Crippen LogP contribution in [-0.4, -0.2) is 72.9 Å². The Hall–Kier alpha value is -4.81. The van der Waals surface area contributed by atoms with E-state index < -0.39 is 23.6 Å². The molecule has 0 radical (unpaired) electrons. The average Bonchev–Trinajstić information content (AvgIpc) is 3.26. The molecule has 2 aromatic rings. The number of piperidine rings is 1. The minimum Gasteiger partial charge on any atom is -0.444 e. The van der Waals surface area contributed by atoms with Crippen LogP contribution in [0.3, 0.4) is 0 Å². The van der Waals surface area contributed by atoms with Crippen LogP contribution in [0.4, 0.5) is 21.9 Å². The molecular formula is C29H35N7O6. The lowest BCUT2D eigenvalue weighted by Crippen LogP contribution is -2.52. The van der Waals surface area contributed by atoms with Crippen LogP contribution in [0.1, 0.15) is 49.5 Å². The molecule has 0 aliphatic carbocycles. The zero-order valence-corrected chi connectivity index (χ0v) is 24.1. The third-order valence-electron chi connectivity index (χ3n) is 6.62. The smallest absolute Gasteiger partial charge is 0.407 e. The molecule has 0 bridgehead atoms. The number of carbonyl (C=O) groups is 5. The number of azo groups is 1. The maximum absolute atomic E-state index is 13.0. The number of rotatable bonds is 9. The van der Waals surface area contributed by atoms with Crippen LogP contribution in [0.25, 0.3) is 0 Å². The minimum absolute atomic E-state index is 0.112. The van der Waals surface area contributed by atoms with Crippen molar-refractivity contribution >= 4 is 46.8 Å². The van der Waals surface area contributed by atoms with Crippen molar-refractivity contribution in [3.63, 3.8) is 0 Å². The van der Waals surface area contributed by atoms with Crippen molar-refractivity contribution in [2.45, 2.75) is 51.8 Å². The Labute approximate surface area is 243 Å². The lowest BCUT2D eigenvalue weighted by Gasteiger charge is -2.29. The fourth-order valence-electron chi connectivity index (χ4n) is 4.59. The molecule has 2 heterocycles. The summed E-state index contributed by atoms with van der Waals surface area (Å²) in [6, 6.07) is 11.6. The average molecular weight is 578 g/mol. The molecule has 2 aromatic carbocycles. The number of amides is 5. The highest BCUT2D eigenvalue weighted by atomic mass is 16.6. The van der Waals surface area contributed by atoms with Crippen LogP contribution in [0.15, 0.2) is 52.7 Å². The van der Waals surface area contributed by atoms with E-state index >= 15 is 0 Å². The van der Waals surface area contributed by atoms with Gasteiger partial charge in [0.05, 0.1) is 17.9 Å². The first-order valence-electron chi connectivity index (χ1n) is 13.6. The summed E-state index contributed by atoms with van der Waals surface area (Å²) in [6.07, 6.45) is -0.0631. The van der Waals surface area contributed by atoms with Gasteiger partial charge < -0.3 is 25.2 Å². The summed E-state index contributed by atoms with van der Waals surface area (Å²) in [5.74, 6) is -1.27. The molecule has 0 aromatic heterocycles. The number of alkyl carbamates (subject to hydrolysis) is 1. The second-order valence-electron chi connectivity index (χ2n) is 11.1. The highest BCUT2D eigenvalue weighted by molar-refractivity contribution is 6.06. The summed E-state index contributed by atoms with van der Waals surface area (Å²) in [4.78, 5) is 64.1. The van der Waals surface area contributed by atoms with Gasteiger partial charge in [-0.25, -0.2) is 4.79 Å². The number of imide groups is 1. The monoisotopic (exact) mass is 577 g/mol. The van der Waals surface area contributed by atoms with Gasteiger partial charge in [-0.2, -0.15) is 10.2 Å². The second kappa shape index (κ2) is 12.8. The van der Waals surface area contributed by atoms with Crippen LogP contribution in [0.5, 0.6) is 0 Å². The molecule has 13 nitrogen and oxygen atoms in total. The molecule has 42 heavy (non-hydrogen) atoms. The SMILES string of the molecule is CN(CC(=O)NCCNC(=O)OC(C)(C)C)c1ccc(N=Nc2cccc3c2CN(C2CCC(=O)NC2=O)C3=O)cc1. The summed E-state index contributed by atoms with van der Waals surface area (Å²) < 4.78 is 5.15. The highest BCUT2D eigenvalue weighted by Crippen LogP contribution is 2.34. The van der Waals surface area contributed by atoms with Crippen LogP contribution >= 0.6 is 0 Å². The molecule has 2 aliphatic rings. The maximum atomic E-state index is 13.0. The first-order chi connectivity index (χ1) is 19.9. The van der Waals surface area contributed by atoms with E-state index in [4.69, 9.17) is 4.74 Å². The Balaban J connectivity index is 1.29. The van der Waals surface area contributed by atoms with Gasteiger partial charge in [0.25, 0.3) is 5.91 Å². The molecule has 5 amide bonds. The first-order valence-corrected chi connectivity index (χ1v) is 13.6. The van der Waals surface area contributed by atoms with E-state index in [1.165, 1.54) is 4.90 Å². The van der Waals surface area contributed by atoms with Gasteiger partial charge in [-0.05, 0) is 63.6 Å². The van der Waals surface area contributed by atoms with Crippen molar-refractivity contribution in [3.05, 3.63) is 53.6 Å². The lowest BCUT2D eigenvalue weighted by atomic mass is 10.0. The Morgan fingerprint density at radius 2 is 1.76 bits per heavy atom. The molecule has 3 N–H and O–H groups in total. The zero-order valence-electron chi connectivity index (χ0n) is 24.1. The molecule has 0 spiro atoms. The molecule has 222 valence electrons. The van der Waals surface area contributed by atoms with E-state index in [1.807, 2.05) is 12.1 Å². The standard InChI is InChI=1S/C29H35N7O6/c1-29(2,3)42-28(41)31-15-14-30-25(38)17-35(4)19-10-8-18(9-11-19)33-34-22-7-5-6-20-21(22)16-36(27(20)40)23-12-13-24(37)32-26(23)39/h5-11,23H,12-17H2,1-4H3,(H,30,38)(H,31,41)(H,32,37,39). The molecule has 2 aliphatic heterocycles. The van der Waals surface area contributed by atoms with E-state index in [0.29, 0.717) is 22.5 Å². The van der Waals surface area contributed by atoms with E-state index in [9.17, 15) is 24.0 Å². The predicted molar refractivity (Wildman–Crippen MR) is 154 cm³/mol. The van der Waals surface area contributed by atoms with Gasteiger partial charge in [-0.15, -0.1) is 0 Å². The third-order valence-corrected chi connectivity index (χ3v) is 6.62. The summed E-state index contributed by atoms with van der Waals surface area (Å²) in [7, 11) is 1.79. The number of nitrogens with zero attached hydrogens (tertiary/aromatic N) is 4. The minimum atomic E-state index is -0.701. The maximum Gasteiger partial charge on any atom is 0.407 e. The molecule has 1 atom stereocenters. The van der Waals surface area contributed by atoms with Gasteiger partial charge in [0.2, 0.25) is 17.7 Å². The summed E-state index contributed by atoms with van der Waals surface area (Å²) in [5, 5.41) is 16.3. The number of carbonyl (C=O) groups excluding carboxylic acids is 5. The fourth-order valence-corrected chi connectivity index (χ4v) is 4.59. The quantitative estimate of drug-likeness (QED) is 0.234. The summed E-state index contributed by atoms with van der Waals surface area (Å²) >= 11 is 0. The van der Waals surface area contributed by atoms with Gasteiger partial charge >= 0.3 is 6.09 Å². The van der Waals surface area contributed by atoms with Gasteiger partial charge in [-0.1, -0.05) is 6.07 Å². The normalized spacial score (nSPS) is 16.7. The van der Waals surface area contributed by atoms with E-state index in [0.717, 1.165) is 5.69 Å². The largest absolute Gasteiger partial charge is 0.444 e. The molecule has 1 fully saturated rings. The molecule has 4 rings (SSSR count). The Bertz CT molecular complexity index is 1400. The fraction of sp³-hybridized carbons (Fsp3) is 0.414. The van der Waals surface area contributed by atoms with E-state index in [2.05, 4.69) is 26.2 Å². The van der Waals surface area contributed by atoms with Crippen molar-refractivity contribution in [1.29, 1.82) is 0 Å². The molecule has 1 saturated heterocycles. The number of ether oxygens (including phenoxy) is 1. The zero-order chi connectivity index (χ0) is 30.4. The van der Waals surface area contributed by atoms with Crippen LogP contribution < -0.4 is 20.9 Å². The van der Waals surface area contributed by atoms with E-state index in [-0.39, 0.29) is 56.7 Å². The first kappa shape index (κ1) is 30.2. The summed E-state index contributed by atoms with van der Waals surface area (Å²) in [5.41, 5.74) is 2.45.